The Morgan fingerprint density at radius 2 is 1.83 bits per heavy atom. The predicted octanol–water partition coefficient (Wildman–Crippen LogP) is 3.67. The molecule has 3 nitrogen and oxygen atoms in total. The molecule has 18 heavy (non-hydrogen) atoms. The summed E-state index contributed by atoms with van der Waals surface area (Å²) in [6.45, 7) is 6.65. The fourth-order valence-electron chi connectivity index (χ4n) is 2.04. The minimum absolute atomic E-state index is 0.0944. The maximum absolute atomic E-state index is 4.31. The number of alkyl halides is 1. The van der Waals surface area contributed by atoms with Crippen LogP contribution in [0.25, 0.3) is 11.4 Å². The first-order valence-corrected chi connectivity index (χ1v) is 7.11. The largest absolute Gasteiger partial charge is 0.313 e. The van der Waals surface area contributed by atoms with Crippen molar-refractivity contribution < 1.29 is 0 Å². The molecule has 0 fully saturated rings. The van der Waals surface area contributed by atoms with Crippen molar-refractivity contribution >= 4 is 15.9 Å². The molecule has 0 aliphatic heterocycles. The van der Waals surface area contributed by atoms with Gasteiger partial charge in [-0.05, 0) is 11.0 Å². The molecule has 4 heteroatoms. The van der Waals surface area contributed by atoms with Gasteiger partial charge in [-0.3, -0.25) is 0 Å². The molecule has 0 N–H and O–H groups in total. The second-order valence-electron chi connectivity index (χ2n) is 5.43. The third kappa shape index (κ3) is 2.34. The zero-order chi connectivity index (χ0) is 13.3. The number of hydrogen-bond donors (Lipinski definition) is 0. The average Bonchev–Trinajstić information content (AvgIpc) is 2.69. The number of aromatic nitrogens is 3. The first kappa shape index (κ1) is 13.3. The van der Waals surface area contributed by atoms with Crippen molar-refractivity contribution in [2.24, 2.45) is 7.05 Å². The molecule has 0 atom stereocenters. The van der Waals surface area contributed by atoms with Gasteiger partial charge >= 0.3 is 0 Å². The first-order valence-electron chi connectivity index (χ1n) is 5.99. The third-order valence-electron chi connectivity index (χ3n) is 3.06. The summed E-state index contributed by atoms with van der Waals surface area (Å²) in [6, 6.07) is 8.40. The number of rotatable bonds is 2. The van der Waals surface area contributed by atoms with Crippen LogP contribution in [0.2, 0.25) is 0 Å². The number of benzene rings is 1. The summed E-state index contributed by atoms with van der Waals surface area (Å²) in [6.07, 6.45) is 0. The maximum Gasteiger partial charge on any atom is 0.164 e. The van der Waals surface area contributed by atoms with Gasteiger partial charge in [-0.1, -0.05) is 61.0 Å². The second-order valence-corrected chi connectivity index (χ2v) is 5.99. The third-order valence-corrected chi connectivity index (χ3v) is 3.56. The van der Waals surface area contributed by atoms with Crippen molar-refractivity contribution in [2.45, 2.75) is 31.5 Å². The zero-order valence-corrected chi connectivity index (χ0v) is 12.8. The van der Waals surface area contributed by atoms with Crippen LogP contribution < -0.4 is 0 Å². The van der Waals surface area contributed by atoms with Crippen LogP contribution in [0, 0.1) is 0 Å². The molecule has 0 saturated heterocycles. The van der Waals surface area contributed by atoms with Gasteiger partial charge in [0.05, 0.1) is 5.33 Å². The lowest BCUT2D eigenvalue weighted by atomic mass is 9.83. The summed E-state index contributed by atoms with van der Waals surface area (Å²) in [5, 5.41) is 9.23. The lowest BCUT2D eigenvalue weighted by molar-refractivity contribution is 0.591. The quantitative estimate of drug-likeness (QED) is 0.793. The molecule has 96 valence electrons. The fourth-order valence-corrected chi connectivity index (χ4v) is 2.53. The minimum atomic E-state index is 0.0944. The summed E-state index contributed by atoms with van der Waals surface area (Å²) >= 11 is 3.43. The van der Waals surface area contributed by atoms with Crippen molar-refractivity contribution in [3.63, 3.8) is 0 Å². The Morgan fingerprint density at radius 1 is 1.17 bits per heavy atom. The van der Waals surface area contributed by atoms with Crippen molar-refractivity contribution in [1.29, 1.82) is 0 Å². The van der Waals surface area contributed by atoms with E-state index in [0.29, 0.717) is 5.33 Å². The molecule has 1 heterocycles. The van der Waals surface area contributed by atoms with E-state index in [2.05, 4.69) is 65.1 Å². The van der Waals surface area contributed by atoms with E-state index in [4.69, 9.17) is 0 Å². The highest BCUT2D eigenvalue weighted by Gasteiger charge is 2.21. The Hall–Kier alpha value is -1.16. The maximum atomic E-state index is 4.31. The Kier molecular flexibility index (Phi) is 3.57. The van der Waals surface area contributed by atoms with Gasteiger partial charge < -0.3 is 4.57 Å². The lowest BCUT2D eigenvalue weighted by Gasteiger charge is -2.22. The molecule has 0 unspecified atom stereocenters. The molecule has 1 aromatic heterocycles. The Bertz CT molecular complexity index is 552. The van der Waals surface area contributed by atoms with E-state index in [-0.39, 0.29) is 5.41 Å². The lowest BCUT2D eigenvalue weighted by Crippen LogP contribution is -2.13. The van der Waals surface area contributed by atoms with Gasteiger partial charge in [0.2, 0.25) is 0 Å². The summed E-state index contributed by atoms with van der Waals surface area (Å²) < 4.78 is 2.04. The molecule has 0 aliphatic rings. The SMILES string of the molecule is Cn1c(CBr)nnc1-c1ccccc1C(C)(C)C. The monoisotopic (exact) mass is 307 g/mol. The van der Waals surface area contributed by atoms with Gasteiger partial charge in [0.25, 0.3) is 0 Å². The Labute approximate surface area is 116 Å². The summed E-state index contributed by atoms with van der Waals surface area (Å²) in [4.78, 5) is 0. The molecule has 0 saturated carbocycles. The van der Waals surface area contributed by atoms with Crippen molar-refractivity contribution in [3.05, 3.63) is 35.7 Å². The normalized spacial score (nSPS) is 11.8. The second kappa shape index (κ2) is 4.84. The van der Waals surface area contributed by atoms with E-state index in [1.54, 1.807) is 0 Å². The van der Waals surface area contributed by atoms with Crippen molar-refractivity contribution in [1.82, 2.24) is 14.8 Å². The molecule has 0 aliphatic carbocycles. The molecule has 2 rings (SSSR count). The van der Waals surface area contributed by atoms with E-state index in [1.165, 1.54) is 5.56 Å². The van der Waals surface area contributed by atoms with E-state index >= 15 is 0 Å². The van der Waals surface area contributed by atoms with Crippen LogP contribution in [0.5, 0.6) is 0 Å². The van der Waals surface area contributed by atoms with Gasteiger partial charge in [-0.15, -0.1) is 10.2 Å². The fraction of sp³-hybridized carbons (Fsp3) is 0.429. The number of hydrogen-bond acceptors (Lipinski definition) is 2. The summed E-state index contributed by atoms with van der Waals surface area (Å²) in [5.41, 5.74) is 2.55. The Balaban J connectivity index is 2.61. The number of halogens is 1. The van der Waals surface area contributed by atoms with Crippen LogP contribution in [0.15, 0.2) is 24.3 Å². The highest BCUT2D eigenvalue weighted by Crippen LogP contribution is 2.31. The van der Waals surface area contributed by atoms with Crippen LogP contribution in [-0.2, 0) is 17.8 Å². The van der Waals surface area contributed by atoms with Crippen LogP contribution in [0.1, 0.15) is 32.2 Å². The first-order chi connectivity index (χ1) is 8.45. The van der Waals surface area contributed by atoms with Crippen LogP contribution >= 0.6 is 15.9 Å². The summed E-state index contributed by atoms with van der Waals surface area (Å²) in [5.74, 6) is 1.86. The van der Waals surface area contributed by atoms with Crippen LogP contribution in [0.4, 0.5) is 0 Å². The predicted molar refractivity (Wildman–Crippen MR) is 77.8 cm³/mol. The zero-order valence-electron chi connectivity index (χ0n) is 11.2. The summed E-state index contributed by atoms with van der Waals surface area (Å²) in [7, 11) is 2.01. The van der Waals surface area contributed by atoms with E-state index in [9.17, 15) is 0 Å². The van der Waals surface area contributed by atoms with Gasteiger partial charge in [-0.25, -0.2) is 0 Å². The smallest absolute Gasteiger partial charge is 0.164 e. The molecule has 0 spiro atoms. The van der Waals surface area contributed by atoms with E-state index in [0.717, 1.165) is 17.2 Å². The molecule has 2 aromatic rings. The molecule has 0 radical (unpaired) electrons. The molecular weight excluding hydrogens is 290 g/mol. The van der Waals surface area contributed by atoms with Gasteiger partial charge in [0, 0.05) is 12.6 Å². The van der Waals surface area contributed by atoms with E-state index in [1.807, 2.05) is 17.7 Å². The number of nitrogens with zero attached hydrogens (tertiary/aromatic N) is 3. The molecule has 0 bridgehead atoms. The van der Waals surface area contributed by atoms with Crippen molar-refractivity contribution in [3.8, 4) is 11.4 Å². The van der Waals surface area contributed by atoms with Gasteiger partial charge in [0.15, 0.2) is 5.82 Å². The molecule has 0 amide bonds. The van der Waals surface area contributed by atoms with Gasteiger partial charge in [-0.2, -0.15) is 0 Å². The minimum Gasteiger partial charge on any atom is -0.313 e. The van der Waals surface area contributed by atoms with Crippen LogP contribution in [0.3, 0.4) is 0 Å². The average molecular weight is 308 g/mol. The molecular formula is C14H18BrN3. The molecule has 1 aromatic carbocycles. The van der Waals surface area contributed by atoms with E-state index < -0.39 is 0 Å². The van der Waals surface area contributed by atoms with Crippen LogP contribution in [-0.4, -0.2) is 14.8 Å². The van der Waals surface area contributed by atoms with Crippen molar-refractivity contribution in [2.75, 3.05) is 0 Å². The van der Waals surface area contributed by atoms with Gasteiger partial charge in [0.1, 0.15) is 5.82 Å². The highest BCUT2D eigenvalue weighted by molar-refractivity contribution is 9.08. The Morgan fingerprint density at radius 3 is 2.39 bits per heavy atom. The topological polar surface area (TPSA) is 30.7 Å². The standard InChI is InChI=1S/C14H18BrN3/c1-14(2,3)11-8-6-5-7-10(11)13-17-16-12(9-15)18(13)4/h5-8H,9H2,1-4H3. The highest BCUT2D eigenvalue weighted by atomic mass is 79.9.